The minimum Gasteiger partial charge on any atom is -0.507 e. The normalized spacial score (nSPS) is 19.4. The maximum absolute atomic E-state index is 13.6. The Labute approximate surface area is 179 Å². The summed E-state index contributed by atoms with van der Waals surface area (Å²) in [5.74, 6) is -0.165. The highest BCUT2D eigenvalue weighted by molar-refractivity contribution is 7.57. The lowest BCUT2D eigenvalue weighted by atomic mass is 9.90. The number of methoxy groups -OCH3 is 1. The number of hydrogen-bond donors (Lipinski definition) is 3. The Balaban J connectivity index is 2.47. The van der Waals surface area contributed by atoms with E-state index in [1.54, 1.807) is 26.0 Å². The van der Waals surface area contributed by atoms with Crippen LogP contribution in [0.4, 0.5) is 0 Å². The Hall–Kier alpha value is -1.56. The fourth-order valence-electron chi connectivity index (χ4n) is 3.54. The minimum absolute atomic E-state index is 0.0356. The van der Waals surface area contributed by atoms with Gasteiger partial charge in [-0.25, -0.2) is 5.09 Å². The van der Waals surface area contributed by atoms with Gasteiger partial charge in [-0.3, -0.25) is 9.36 Å². The van der Waals surface area contributed by atoms with Gasteiger partial charge in [0, 0.05) is 18.2 Å². The first kappa shape index (κ1) is 24.7. The van der Waals surface area contributed by atoms with Gasteiger partial charge >= 0.3 is 13.5 Å². The summed E-state index contributed by atoms with van der Waals surface area (Å²) in [4.78, 5) is 11.9. The Morgan fingerprint density at radius 3 is 2.23 bits per heavy atom. The summed E-state index contributed by atoms with van der Waals surface area (Å²) in [5.41, 5.74) is 0.0204. The maximum atomic E-state index is 13.6. The highest BCUT2D eigenvalue weighted by Crippen LogP contribution is 2.51. The van der Waals surface area contributed by atoms with E-state index < -0.39 is 19.0 Å². The fraction of sp³-hybridized carbons (Fsp3) is 0.682. The van der Waals surface area contributed by atoms with Crippen LogP contribution in [-0.2, 0) is 14.1 Å². The van der Waals surface area contributed by atoms with Crippen LogP contribution in [0.15, 0.2) is 12.1 Å². The van der Waals surface area contributed by atoms with Gasteiger partial charge in [0.1, 0.15) is 23.4 Å². The standard InChI is InChI=1S/C22H36NO6P/c1-13(2)18-10-17(11-19(20(18)24)15(5)16-8-9-16)29-30(27,12-28-7)23-22(6,14(3)4)21(25)26/h10-11,13-16,24H,8-9,12H2,1-7H3,(H,23,27)(H,25,26)/t15-,22?,30?/m1/s1. The van der Waals surface area contributed by atoms with Crippen molar-refractivity contribution in [1.82, 2.24) is 5.09 Å². The van der Waals surface area contributed by atoms with Crippen LogP contribution >= 0.6 is 7.52 Å². The molecule has 30 heavy (non-hydrogen) atoms. The van der Waals surface area contributed by atoms with Gasteiger partial charge in [-0.2, -0.15) is 0 Å². The third-order valence-corrected chi connectivity index (χ3v) is 8.05. The number of phenols is 1. The Kier molecular flexibility index (Phi) is 7.65. The molecular weight excluding hydrogens is 405 g/mol. The average molecular weight is 442 g/mol. The van der Waals surface area contributed by atoms with Crippen LogP contribution in [0.25, 0.3) is 0 Å². The number of aromatic hydroxyl groups is 1. The fourth-order valence-corrected chi connectivity index (χ4v) is 5.55. The van der Waals surface area contributed by atoms with Crippen LogP contribution in [-0.4, -0.2) is 35.2 Å². The second-order valence-electron chi connectivity index (χ2n) is 9.19. The third-order valence-electron chi connectivity index (χ3n) is 6.14. The molecular formula is C22H36NO6P. The van der Waals surface area contributed by atoms with E-state index in [2.05, 4.69) is 12.0 Å². The van der Waals surface area contributed by atoms with Gasteiger partial charge < -0.3 is 19.5 Å². The Morgan fingerprint density at radius 1 is 1.23 bits per heavy atom. The van der Waals surface area contributed by atoms with Gasteiger partial charge in [-0.1, -0.05) is 34.6 Å². The van der Waals surface area contributed by atoms with Crippen molar-refractivity contribution in [3.05, 3.63) is 23.3 Å². The number of rotatable bonds is 11. The molecule has 2 rings (SSSR count). The molecule has 1 saturated carbocycles. The zero-order valence-electron chi connectivity index (χ0n) is 19.1. The van der Waals surface area contributed by atoms with Crippen LogP contribution in [0, 0.1) is 11.8 Å². The summed E-state index contributed by atoms with van der Waals surface area (Å²) < 4.78 is 24.7. The second kappa shape index (κ2) is 9.29. The molecule has 7 nitrogen and oxygen atoms in total. The number of carboxylic acid groups (broad SMARTS) is 1. The first-order valence-corrected chi connectivity index (χ1v) is 12.3. The van der Waals surface area contributed by atoms with Crippen LogP contribution in [0.5, 0.6) is 11.5 Å². The molecule has 1 aliphatic rings. The molecule has 8 heteroatoms. The van der Waals surface area contributed by atoms with Gasteiger partial charge in [0.2, 0.25) is 0 Å². The zero-order valence-corrected chi connectivity index (χ0v) is 20.0. The molecule has 0 aliphatic heterocycles. The van der Waals surface area contributed by atoms with Crippen molar-refractivity contribution in [2.75, 3.05) is 13.5 Å². The van der Waals surface area contributed by atoms with E-state index in [0.717, 1.165) is 18.4 Å². The number of carbonyl (C=O) groups is 1. The van der Waals surface area contributed by atoms with Crippen molar-refractivity contribution in [2.45, 2.75) is 71.8 Å². The molecule has 1 fully saturated rings. The van der Waals surface area contributed by atoms with E-state index in [1.807, 2.05) is 13.8 Å². The summed E-state index contributed by atoms with van der Waals surface area (Å²) in [6.45, 7) is 11.0. The first-order chi connectivity index (χ1) is 13.8. The SMILES string of the molecule is COCP(=O)(NC(C)(C(=O)O)C(C)C)Oc1cc(C(C)C)c(O)c([C@H](C)C2CC2)c1. The van der Waals surface area contributed by atoms with E-state index in [4.69, 9.17) is 9.26 Å². The summed E-state index contributed by atoms with van der Waals surface area (Å²) in [7, 11) is -2.34. The number of ether oxygens (including phenoxy) is 1. The van der Waals surface area contributed by atoms with Crippen LogP contribution in [0.3, 0.4) is 0 Å². The van der Waals surface area contributed by atoms with Crippen LogP contribution in [0.2, 0.25) is 0 Å². The summed E-state index contributed by atoms with van der Waals surface area (Å²) >= 11 is 0. The van der Waals surface area contributed by atoms with Crippen LogP contribution in [0.1, 0.15) is 77.3 Å². The van der Waals surface area contributed by atoms with Crippen molar-refractivity contribution in [3.63, 3.8) is 0 Å². The molecule has 0 amide bonds. The molecule has 0 spiro atoms. The van der Waals surface area contributed by atoms with Gasteiger partial charge in [0.25, 0.3) is 0 Å². The number of hydrogen-bond acceptors (Lipinski definition) is 5. The van der Waals surface area contributed by atoms with Gasteiger partial charge in [-0.05, 0) is 55.6 Å². The van der Waals surface area contributed by atoms with Gasteiger partial charge in [-0.15, -0.1) is 0 Å². The average Bonchev–Trinajstić information content (AvgIpc) is 3.47. The largest absolute Gasteiger partial charge is 0.507 e. The monoisotopic (exact) mass is 441 g/mol. The third kappa shape index (κ3) is 5.37. The molecule has 3 N–H and O–H groups in total. The molecule has 1 aromatic rings. The Morgan fingerprint density at radius 2 is 1.80 bits per heavy atom. The molecule has 0 heterocycles. The number of nitrogens with one attached hydrogen (secondary N) is 1. The van der Waals surface area contributed by atoms with E-state index in [0.29, 0.717) is 17.2 Å². The minimum atomic E-state index is -3.73. The molecule has 0 bridgehead atoms. The molecule has 0 saturated heterocycles. The van der Waals surface area contributed by atoms with E-state index in [-0.39, 0.29) is 29.9 Å². The predicted molar refractivity (Wildman–Crippen MR) is 117 cm³/mol. The lowest BCUT2D eigenvalue weighted by molar-refractivity contribution is -0.145. The molecule has 1 aliphatic carbocycles. The molecule has 2 unspecified atom stereocenters. The lowest BCUT2D eigenvalue weighted by Gasteiger charge is -2.34. The van der Waals surface area contributed by atoms with Crippen molar-refractivity contribution in [3.8, 4) is 11.5 Å². The summed E-state index contributed by atoms with van der Waals surface area (Å²) in [6.07, 6.45) is 1.96. The van der Waals surface area contributed by atoms with E-state index >= 15 is 0 Å². The smallest absolute Gasteiger partial charge is 0.342 e. The van der Waals surface area contributed by atoms with Gasteiger partial charge in [0.05, 0.1) is 0 Å². The number of phenolic OH excluding ortho intramolecular Hbond substituents is 1. The Bertz CT molecular complexity index is 820. The number of benzene rings is 1. The predicted octanol–water partition coefficient (Wildman–Crippen LogP) is 5.29. The van der Waals surface area contributed by atoms with Gasteiger partial charge in [0.15, 0.2) is 0 Å². The van der Waals surface area contributed by atoms with E-state index in [1.165, 1.54) is 14.0 Å². The van der Waals surface area contributed by atoms with Crippen molar-refractivity contribution >= 4 is 13.5 Å². The molecule has 0 radical (unpaired) electrons. The van der Waals surface area contributed by atoms with E-state index in [9.17, 15) is 19.6 Å². The second-order valence-corrected chi connectivity index (χ2v) is 11.2. The number of carboxylic acids is 1. The highest BCUT2D eigenvalue weighted by atomic mass is 31.2. The molecule has 0 aromatic heterocycles. The topological polar surface area (TPSA) is 105 Å². The van der Waals surface area contributed by atoms with Crippen molar-refractivity contribution in [1.29, 1.82) is 0 Å². The zero-order chi connectivity index (χ0) is 22.9. The van der Waals surface area contributed by atoms with Crippen molar-refractivity contribution in [2.24, 2.45) is 11.8 Å². The lowest BCUT2D eigenvalue weighted by Crippen LogP contribution is -2.52. The highest BCUT2D eigenvalue weighted by Gasteiger charge is 2.44. The summed E-state index contributed by atoms with van der Waals surface area (Å²) in [5, 5.41) is 23.3. The molecule has 1 aromatic carbocycles. The van der Waals surface area contributed by atoms with Crippen molar-refractivity contribution < 1.29 is 28.8 Å². The number of aliphatic carboxylic acids is 1. The quantitative estimate of drug-likeness (QED) is 0.401. The van der Waals surface area contributed by atoms with Crippen LogP contribution < -0.4 is 9.61 Å². The molecule has 170 valence electrons. The molecule has 3 atom stereocenters. The summed E-state index contributed by atoms with van der Waals surface area (Å²) in [6, 6.07) is 3.41. The first-order valence-electron chi connectivity index (χ1n) is 10.5. The maximum Gasteiger partial charge on any atom is 0.342 e.